The van der Waals surface area contributed by atoms with E-state index in [0.29, 0.717) is 19.5 Å². The predicted octanol–water partition coefficient (Wildman–Crippen LogP) is 2.77. The molecule has 4 rings (SSSR count). The molecular weight excluding hydrogens is 304 g/mol. The fourth-order valence-corrected chi connectivity index (χ4v) is 3.99. The lowest BCUT2D eigenvalue weighted by Crippen LogP contribution is -2.67. The fourth-order valence-electron chi connectivity index (χ4n) is 3.99. The first-order chi connectivity index (χ1) is 11.5. The molecule has 0 spiro atoms. The molecule has 1 aromatic carbocycles. The molecule has 24 heavy (non-hydrogen) atoms. The summed E-state index contributed by atoms with van der Waals surface area (Å²) in [5.41, 5.74) is 2.64. The van der Waals surface area contributed by atoms with Gasteiger partial charge in [-0.1, -0.05) is 12.1 Å². The molecule has 2 bridgehead atoms. The Hall–Kier alpha value is -2.50. The van der Waals surface area contributed by atoms with Crippen molar-refractivity contribution >= 4 is 6.03 Å². The number of amides is 2. The zero-order chi connectivity index (χ0) is 16.9. The fraction of sp³-hybridized carbons (Fsp3) is 0.444. The molecule has 1 aromatic heterocycles. The molecule has 1 saturated heterocycles. The number of carbonyl (C=O) groups excluding carboxylic acids is 1. The van der Waals surface area contributed by atoms with Crippen LogP contribution in [0.15, 0.2) is 30.6 Å². The van der Waals surface area contributed by atoms with Crippen molar-refractivity contribution in [2.45, 2.75) is 45.5 Å². The number of aryl methyl sites for hydroxylation is 2. The van der Waals surface area contributed by atoms with Gasteiger partial charge in [0, 0.05) is 30.9 Å². The van der Waals surface area contributed by atoms with Gasteiger partial charge in [-0.25, -0.2) is 4.79 Å². The first-order valence-corrected chi connectivity index (χ1v) is 8.39. The van der Waals surface area contributed by atoms with E-state index in [1.54, 1.807) is 11.1 Å². The van der Waals surface area contributed by atoms with Crippen molar-refractivity contribution in [3.63, 3.8) is 0 Å². The van der Waals surface area contributed by atoms with E-state index in [9.17, 15) is 4.79 Å². The molecule has 2 aliphatic heterocycles. The molecule has 0 saturated carbocycles. The summed E-state index contributed by atoms with van der Waals surface area (Å²) in [7, 11) is 0. The van der Waals surface area contributed by atoms with Crippen molar-refractivity contribution in [3.05, 3.63) is 47.3 Å². The Balaban J connectivity index is 1.86. The average molecular weight is 326 g/mol. The second kappa shape index (κ2) is 5.26. The van der Waals surface area contributed by atoms with Gasteiger partial charge >= 0.3 is 6.03 Å². The molecule has 2 aliphatic rings. The topological polar surface area (TPSA) is 59.4 Å². The second-order valence-corrected chi connectivity index (χ2v) is 6.64. The lowest BCUT2D eigenvalue weighted by molar-refractivity contribution is -0.109. The van der Waals surface area contributed by atoms with E-state index in [1.165, 1.54) is 0 Å². The third-order valence-electron chi connectivity index (χ3n) is 5.09. The highest BCUT2D eigenvalue weighted by molar-refractivity contribution is 5.77. The normalized spacial score (nSPS) is 25.0. The van der Waals surface area contributed by atoms with Gasteiger partial charge in [-0.05, 0) is 38.0 Å². The highest BCUT2D eigenvalue weighted by atomic mass is 16.5. The number of nitrogens with one attached hydrogen (secondary N) is 1. The van der Waals surface area contributed by atoms with Crippen LogP contribution in [0.1, 0.15) is 36.1 Å². The van der Waals surface area contributed by atoms with Gasteiger partial charge in [0.05, 0.1) is 6.04 Å². The minimum absolute atomic E-state index is 0.0282. The Morgan fingerprint density at radius 3 is 2.88 bits per heavy atom. The first kappa shape index (κ1) is 15.1. The van der Waals surface area contributed by atoms with Gasteiger partial charge in [0.25, 0.3) is 0 Å². The number of benzene rings is 1. The summed E-state index contributed by atoms with van der Waals surface area (Å²) in [6.07, 6.45) is 4.37. The number of aromatic nitrogens is 2. The largest absolute Gasteiger partial charge is 0.465 e. The predicted molar refractivity (Wildman–Crippen MR) is 89.8 cm³/mol. The maximum atomic E-state index is 12.7. The first-order valence-electron chi connectivity index (χ1n) is 8.39. The lowest BCUT2D eigenvalue weighted by atomic mass is 9.86. The van der Waals surface area contributed by atoms with Crippen LogP contribution in [0.2, 0.25) is 0 Å². The molecule has 6 heteroatoms. The van der Waals surface area contributed by atoms with E-state index in [0.717, 1.165) is 22.4 Å². The van der Waals surface area contributed by atoms with Gasteiger partial charge in [0.1, 0.15) is 12.3 Å². The van der Waals surface area contributed by atoms with E-state index in [1.807, 2.05) is 23.9 Å². The van der Waals surface area contributed by atoms with Crippen LogP contribution in [0.5, 0.6) is 5.75 Å². The summed E-state index contributed by atoms with van der Waals surface area (Å²) >= 11 is 0. The SMILES string of the molecule is CCN1C(=O)NC2CC1(Cn1cccn1)Oc1c(C)ccc(C)c12. The second-order valence-electron chi connectivity index (χ2n) is 6.64. The zero-order valence-electron chi connectivity index (χ0n) is 14.2. The van der Waals surface area contributed by atoms with Gasteiger partial charge in [-0.15, -0.1) is 0 Å². The molecule has 2 amide bonds. The Morgan fingerprint density at radius 1 is 1.38 bits per heavy atom. The van der Waals surface area contributed by atoms with Crippen molar-refractivity contribution < 1.29 is 9.53 Å². The molecule has 6 nitrogen and oxygen atoms in total. The molecular formula is C18H22N4O2. The molecule has 1 fully saturated rings. The van der Waals surface area contributed by atoms with E-state index in [2.05, 4.69) is 36.4 Å². The zero-order valence-corrected chi connectivity index (χ0v) is 14.2. The molecule has 0 radical (unpaired) electrons. The van der Waals surface area contributed by atoms with Crippen LogP contribution in [0.3, 0.4) is 0 Å². The molecule has 2 atom stereocenters. The minimum atomic E-state index is -0.709. The number of hydrogen-bond acceptors (Lipinski definition) is 3. The van der Waals surface area contributed by atoms with Crippen LogP contribution in [0.25, 0.3) is 0 Å². The maximum Gasteiger partial charge on any atom is 0.321 e. The van der Waals surface area contributed by atoms with Gasteiger partial charge in [-0.3, -0.25) is 9.58 Å². The number of ether oxygens (including phenoxy) is 1. The summed E-state index contributed by atoms with van der Waals surface area (Å²) in [6, 6.07) is 5.96. The van der Waals surface area contributed by atoms with Gasteiger partial charge < -0.3 is 10.1 Å². The minimum Gasteiger partial charge on any atom is -0.465 e. The van der Waals surface area contributed by atoms with Crippen molar-refractivity contribution in [1.29, 1.82) is 0 Å². The lowest BCUT2D eigenvalue weighted by Gasteiger charge is -2.52. The molecule has 2 unspecified atom stereocenters. The number of hydrogen-bond donors (Lipinski definition) is 1. The number of carbonyl (C=O) groups is 1. The van der Waals surface area contributed by atoms with E-state index < -0.39 is 5.72 Å². The van der Waals surface area contributed by atoms with Crippen molar-refractivity contribution in [1.82, 2.24) is 20.0 Å². The summed E-state index contributed by atoms with van der Waals surface area (Å²) in [6.45, 7) is 7.21. The van der Waals surface area contributed by atoms with Gasteiger partial charge in [-0.2, -0.15) is 5.10 Å². The standard InChI is InChI=1S/C18H22N4O2/c1-4-22-17(23)20-14-10-18(22,11-21-9-5-8-19-21)24-16-13(3)7-6-12(2)15(14)16/h5-9,14H,4,10-11H2,1-3H3,(H,20,23). The summed E-state index contributed by atoms with van der Waals surface area (Å²) in [5.74, 6) is 0.900. The van der Waals surface area contributed by atoms with Crippen molar-refractivity contribution in [3.8, 4) is 5.75 Å². The quantitative estimate of drug-likeness (QED) is 0.943. The van der Waals surface area contributed by atoms with Crippen LogP contribution in [0, 0.1) is 13.8 Å². The van der Waals surface area contributed by atoms with E-state index >= 15 is 0 Å². The van der Waals surface area contributed by atoms with Crippen LogP contribution < -0.4 is 10.1 Å². The molecule has 2 aromatic rings. The Bertz CT molecular complexity index is 787. The van der Waals surface area contributed by atoms with E-state index in [4.69, 9.17) is 4.74 Å². The molecule has 0 aliphatic carbocycles. The highest BCUT2D eigenvalue weighted by Crippen LogP contribution is 2.47. The third-order valence-corrected chi connectivity index (χ3v) is 5.09. The number of fused-ring (bicyclic) bond motifs is 4. The maximum absolute atomic E-state index is 12.7. The number of rotatable bonds is 3. The number of urea groups is 1. The van der Waals surface area contributed by atoms with Crippen LogP contribution in [-0.4, -0.2) is 33.0 Å². The van der Waals surface area contributed by atoms with Crippen molar-refractivity contribution in [2.24, 2.45) is 0 Å². The Morgan fingerprint density at radius 2 is 2.17 bits per heavy atom. The molecule has 126 valence electrons. The van der Waals surface area contributed by atoms with Crippen LogP contribution in [-0.2, 0) is 6.54 Å². The van der Waals surface area contributed by atoms with Crippen LogP contribution in [0.4, 0.5) is 4.79 Å². The Kier molecular flexibility index (Phi) is 3.30. The average Bonchev–Trinajstić information content (AvgIpc) is 3.03. The van der Waals surface area contributed by atoms with E-state index in [-0.39, 0.29) is 12.1 Å². The van der Waals surface area contributed by atoms with Gasteiger partial charge in [0.2, 0.25) is 5.72 Å². The van der Waals surface area contributed by atoms with Gasteiger partial charge in [0.15, 0.2) is 0 Å². The molecule has 3 heterocycles. The summed E-state index contributed by atoms with van der Waals surface area (Å²) in [5, 5.41) is 7.48. The number of likely N-dealkylation sites (N-methyl/N-ethyl adjacent to an activating group) is 1. The van der Waals surface area contributed by atoms with Crippen LogP contribution >= 0.6 is 0 Å². The van der Waals surface area contributed by atoms with Crippen molar-refractivity contribution in [2.75, 3.05) is 6.54 Å². The highest BCUT2D eigenvalue weighted by Gasteiger charge is 2.52. The monoisotopic (exact) mass is 326 g/mol. The number of nitrogens with zero attached hydrogens (tertiary/aromatic N) is 3. The third kappa shape index (κ3) is 2.09. The molecule has 1 N–H and O–H groups in total. The Labute approximate surface area is 141 Å². The summed E-state index contributed by atoms with van der Waals surface area (Å²) in [4.78, 5) is 14.5. The summed E-state index contributed by atoms with van der Waals surface area (Å²) < 4.78 is 8.40. The smallest absolute Gasteiger partial charge is 0.321 e.